The molecule has 122 valence electrons. The molecule has 1 rings (SSSR count). The Morgan fingerprint density at radius 1 is 1.32 bits per heavy atom. The Morgan fingerprint density at radius 3 is 2.45 bits per heavy atom. The third kappa shape index (κ3) is 4.51. The maximum absolute atomic E-state index is 11.6. The van der Waals surface area contributed by atoms with Crippen LogP contribution in [0, 0.1) is 10.1 Å². The number of ether oxygens (including phenoxy) is 3. The molecule has 0 saturated heterocycles. The fraction of sp³-hybridized carbons (Fsp3) is 0.533. The Bertz CT molecular complexity index is 492. The fourth-order valence-electron chi connectivity index (χ4n) is 2.17. The highest BCUT2D eigenvalue weighted by atomic mass is 16.7. The summed E-state index contributed by atoms with van der Waals surface area (Å²) in [5.74, 6) is -0.494. The second-order valence-electron chi connectivity index (χ2n) is 5.05. The van der Waals surface area contributed by atoms with Gasteiger partial charge in [-0.15, -0.1) is 0 Å². The number of hydrogen-bond donors (Lipinski definition) is 0. The van der Waals surface area contributed by atoms with Crippen molar-refractivity contribution in [3.05, 3.63) is 46.0 Å². The highest BCUT2D eigenvalue weighted by Crippen LogP contribution is 2.35. The Labute approximate surface area is 129 Å². The predicted octanol–water partition coefficient (Wildman–Crippen LogP) is 2.34. The molecule has 7 heteroatoms. The number of nitro groups is 1. The molecule has 1 aromatic rings. The minimum Gasteiger partial charge on any atom is -0.469 e. The molecule has 7 nitrogen and oxygen atoms in total. The smallest absolute Gasteiger partial charge is 0.305 e. The zero-order valence-electron chi connectivity index (χ0n) is 13.0. The van der Waals surface area contributed by atoms with E-state index in [1.165, 1.54) is 21.1 Å². The van der Waals surface area contributed by atoms with Crippen LogP contribution in [0.4, 0.5) is 0 Å². The highest BCUT2D eigenvalue weighted by Gasteiger charge is 2.47. The zero-order valence-corrected chi connectivity index (χ0v) is 13.0. The monoisotopic (exact) mass is 311 g/mol. The number of esters is 1. The van der Waals surface area contributed by atoms with E-state index < -0.39 is 22.5 Å². The summed E-state index contributed by atoms with van der Waals surface area (Å²) >= 11 is 0. The van der Waals surface area contributed by atoms with Crippen molar-refractivity contribution in [2.45, 2.75) is 31.4 Å². The van der Waals surface area contributed by atoms with Gasteiger partial charge in [0.15, 0.2) is 6.10 Å². The van der Waals surface area contributed by atoms with E-state index in [0.29, 0.717) is 5.56 Å². The van der Waals surface area contributed by atoms with Crippen LogP contribution in [0.2, 0.25) is 0 Å². The van der Waals surface area contributed by atoms with Crippen molar-refractivity contribution in [2.24, 2.45) is 0 Å². The molecule has 0 aromatic heterocycles. The first-order valence-electron chi connectivity index (χ1n) is 6.82. The molecule has 2 atom stereocenters. The van der Waals surface area contributed by atoms with Crippen LogP contribution in [0.15, 0.2) is 30.3 Å². The summed E-state index contributed by atoms with van der Waals surface area (Å²) in [6, 6.07) is 8.87. The van der Waals surface area contributed by atoms with Gasteiger partial charge in [0.25, 0.3) is 0 Å². The lowest BCUT2D eigenvalue weighted by atomic mass is 9.85. The van der Waals surface area contributed by atoms with E-state index in [9.17, 15) is 14.9 Å². The molecule has 0 unspecified atom stereocenters. The minimum absolute atomic E-state index is 0.00402. The lowest BCUT2D eigenvalue weighted by molar-refractivity contribution is -0.583. The molecule has 1 aromatic carbocycles. The summed E-state index contributed by atoms with van der Waals surface area (Å²) in [5.41, 5.74) is -0.822. The second kappa shape index (κ2) is 8.45. The van der Waals surface area contributed by atoms with Gasteiger partial charge >= 0.3 is 5.97 Å². The van der Waals surface area contributed by atoms with Gasteiger partial charge in [-0.2, -0.15) is 0 Å². The molecule has 0 radical (unpaired) electrons. The van der Waals surface area contributed by atoms with Gasteiger partial charge in [-0.25, -0.2) is 0 Å². The van der Waals surface area contributed by atoms with Gasteiger partial charge in [-0.3, -0.25) is 14.9 Å². The van der Waals surface area contributed by atoms with Gasteiger partial charge in [0, 0.05) is 25.4 Å². The molecule has 0 fully saturated rings. The summed E-state index contributed by atoms with van der Waals surface area (Å²) in [6.45, 7) is 1.38. The number of rotatable bonds is 9. The zero-order chi connectivity index (χ0) is 16.6. The summed E-state index contributed by atoms with van der Waals surface area (Å²) in [6.07, 6.45) is -0.905. The molecule has 0 amide bonds. The van der Waals surface area contributed by atoms with Crippen LogP contribution in [-0.2, 0) is 19.0 Å². The van der Waals surface area contributed by atoms with Crippen molar-refractivity contribution in [3.8, 4) is 0 Å². The van der Waals surface area contributed by atoms with E-state index in [2.05, 4.69) is 4.74 Å². The Hall–Kier alpha value is -1.99. The van der Waals surface area contributed by atoms with Crippen molar-refractivity contribution in [2.75, 3.05) is 21.0 Å². The van der Waals surface area contributed by atoms with E-state index in [-0.39, 0.29) is 19.6 Å². The Kier molecular flexibility index (Phi) is 6.94. The first-order chi connectivity index (χ1) is 10.5. The topological polar surface area (TPSA) is 87.9 Å². The fourth-order valence-corrected chi connectivity index (χ4v) is 2.17. The molecular formula is C15H21NO6. The highest BCUT2D eigenvalue weighted by molar-refractivity contribution is 5.69. The molecule has 0 aliphatic carbocycles. The molecule has 0 aliphatic rings. The van der Waals surface area contributed by atoms with E-state index in [1.54, 1.807) is 24.3 Å². The normalized spacial score (nSPS) is 14.9. The third-order valence-electron chi connectivity index (χ3n) is 3.50. The van der Waals surface area contributed by atoms with Crippen molar-refractivity contribution in [1.82, 2.24) is 0 Å². The molecule has 22 heavy (non-hydrogen) atoms. The third-order valence-corrected chi connectivity index (χ3v) is 3.50. The van der Waals surface area contributed by atoms with E-state index >= 15 is 0 Å². The molecule has 0 saturated carbocycles. The number of carbonyl (C=O) groups excluding carboxylic acids is 1. The minimum atomic E-state index is -1.48. The number of nitrogens with zero attached hydrogens (tertiary/aromatic N) is 1. The van der Waals surface area contributed by atoms with Crippen molar-refractivity contribution in [1.29, 1.82) is 0 Å². The maximum atomic E-state index is 11.6. The summed E-state index contributed by atoms with van der Waals surface area (Å²) in [5, 5.41) is 11.6. The predicted molar refractivity (Wildman–Crippen MR) is 78.8 cm³/mol. The number of methoxy groups -OCH3 is 2. The maximum Gasteiger partial charge on any atom is 0.305 e. The van der Waals surface area contributed by atoms with Crippen LogP contribution in [0.3, 0.4) is 0 Å². The SMILES string of the molecule is COCO[C@H](c1ccccc1)[C@@](C)(CCC(=O)OC)[N+](=O)[O-]. The molecule has 0 heterocycles. The van der Waals surface area contributed by atoms with Crippen molar-refractivity contribution >= 4 is 5.97 Å². The lowest BCUT2D eigenvalue weighted by Crippen LogP contribution is -2.43. The number of carbonyl (C=O) groups is 1. The van der Waals surface area contributed by atoms with Gasteiger partial charge in [0.05, 0.1) is 13.5 Å². The second-order valence-corrected chi connectivity index (χ2v) is 5.05. The van der Waals surface area contributed by atoms with Crippen LogP contribution in [0.1, 0.15) is 31.4 Å². The quantitative estimate of drug-likeness (QED) is 0.301. The van der Waals surface area contributed by atoms with Gasteiger partial charge in [-0.1, -0.05) is 30.3 Å². The van der Waals surface area contributed by atoms with E-state index in [1.807, 2.05) is 6.07 Å². The summed E-state index contributed by atoms with van der Waals surface area (Å²) in [4.78, 5) is 22.6. The van der Waals surface area contributed by atoms with Crippen molar-refractivity contribution < 1.29 is 23.9 Å². The average molecular weight is 311 g/mol. The Morgan fingerprint density at radius 2 is 1.95 bits per heavy atom. The summed E-state index contributed by atoms with van der Waals surface area (Å²) in [7, 11) is 2.70. The average Bonchev–Trinajstić information content (AvgIpc) is 2.53. The molecule has 0 aliphatic heterocycles. The van der Waals surface area contributed by atoms with Crippen molar-refractivity contribution in [3.63, 3.8) is 0 Å². The Balaban J connectivity index is 3.08. The number of hydrogen-bond acceptors (Lipinski definition) is 6. The first kappa shape index (κ1) is 18.1. The van der Waals surface area contributed by atoms with E-state index in [4.69, 9.17) is 9.47 Å². The van der Waals surface area contributed by atoms with Crippen LogP contribution in [0.5, 0.6) is 0 Å². The number of benzene rings is 1. The molecule has 0 spiro atoms. The van der Waals surface area contributed by atoms with Gasteiger partial charge in [0.2, 0.25) is 5.54 Å². The van der Waals surface area contributed by atoms with E-state index in [0.717, 1.165) is 0 Å². The molecular weight excluding hydrogens is 290 g/mol. The lowest BCUT2D eigenvalue weighted by Gasteiger charge is -2.30. The van der Waals surface area contributed by atoms with Crippen LogP contribution in [-0.4, -0.2) is 37.4 Å². The van der Waals surface area contributed by atoms with Crippen LogP contribution < -0.4 is 0 Å². The van der Waals surface area contributed by atoms with Crippen LogP contribution >= 0.6 is 0 Å². The van der Waals surface area contributed by atoms with Gasteiger partial charge < -0.3 is 14.2 Å². The largest absolute Gasteiger partial charge is 0.469 e. The summed E-state index contributed by atoms with van der Waals surface area (Å²) < 4.78 is 15.0. The van der Waals surface area contributed by atoms with Gasteiger partial charge in [0.1, 0.15) is 6.79 Å². The van der Waals surface area contributed by atoms with Gasteiger partial charge in [-0.05, 0) is 5.56 Å². The standard InChI is InChI=1S/C15H21NO6/c1-15(16(18)19,10-9-13(17)21-3)14(22-11-20-2)12-7-5-4-6-8-12/h4-8,14H,9-11H2,1-3H3/t14-,15-/m1/s1. The molecule has 0 bridgehead atoms. The van der Waals surface area contributed by atoms with Crippen LogP contribution in [0.25, 0.3) is 0 Å². The first-order valence-corrected chi connectivity index (χ1v) is 6.82. The molecule has 0 N–H and O–H groups in total.